The van der Waals surface area contributed by atoms with Gasteiger partial charge in [0.1, 0.15) is 0 Å². The number of rotatable bonds is 7. The molecule has 1 saturated heterocycles. The number of hydrogen-bond donors (Lipinski definition) is 0. The van der Waals surface area contributed by atoms with E-state index < -0.39 is 0 Å². The highest BCUT2D eigenvalue weighted by Crippen LogP contribution is 2.45. The number of pyridine rings is 1. The van der Waals surface area contributed by atoms with E-state index in [9.17, 15) is 4.79 Å². The molecule has 1 saturated carbocycles. The fourth-order valence-electron chi connectivity index (χ4n) is 4.13. The van der Waals surface area contributed by atoms with E-state index in [0.717, 1.165) is 17.7 Å². The summed E-state index contributed by atoms with van der Waals surface area (Å²) in [6.45, 7) is 6.83. The largest absolute Gasteiger partial charge is 0.477 e. The molecule has 1 aromatic heterocycles. The topological polar surface area (TPSA) is 45.7 Å². The van der Waals surface area contributed by atoms with E-state index >= 15 is 0 Å². The Morgan fingerprint density at radius 1 is 1.10 bits per heavy atom. The zero-order valence-electron chi connectivity index (χ0n) is 18.4. The Kier molecular flexibility index (Phi) is 6.09. The third-order valence-corrected chi connectivity index (χ3v) is 6.49. The average molecular weight is 408 g/mol. The Labute approximate surface area is 180 Å². The molecule has 1 aliphatic carbocycles. The van der Waals surface area contributed by atoms with E-state index in [1.807, 2.05) is 42.6 Å². The molecule has 0 radical (unpaired) electrons. The van der Waals surface area contributed by atoms with Gasteiger partial charge in [-0.25, -0.2) is 4.98 Å². The molecule has 2 heterocycles. The van der Waals surface area contributed by atoms with Gasteiger partial charge in [0, 0.05) is 44.0 Å². The first kappa shape index (κ1) is 20.9. The molecule has 1 aliphatic heterocycles. The summed E-state index contributed by atoms with van der Waals surface area (Å²) in [4.78, 5) is 20.7. The van der Waals surface area contributed by atoms with Gasteiger partial charge in [0.15, 0.2) is 0 Å². The lowest BCUT2D eigenvalue weighted by Gasteiger charge is -2.33. The Balaban J connectivity index is 1.25. The van der Waals surface area contributed by atoms with Gasteiger partial charge in [0.05, 0.1) is 6.61 Å². The zero-order valence-corrected chi connectivity index (χ0v) is 18.4. The number of benzene rings is 1. The number of hydrogen-bond acceptors (Lipinski definition) is 4. The number of amides is 1. The third-order valence-electron chi connectivity index (χ3n) is 6.49. The summed E-state index contributed by atoms with van der Waals surface area (Å²) in [6, 6.07) is 11.6. The van der Waals surface area contributed by atoms with Crippen LogP contribution in [0.4, 0.5) is 0 Å². The molecule has 0 spiro atoms. The predicted octanol–water partition coefficient (Wildman–Crippen LogP) is 4.34. The normalized spacial score (nSPS) is 18.8. The van der Waals surface area contributed by atoms with E-state index in [2.05, 4.69) is 16.8 Å². The van der Waals surface area contributed by atoms with Crippen molar-refractivity contribution in [2.45, 2.75) is 32.6 Å². The number of likely N-dealkylation sites (tertiary alicyclic amines) is 1. The second kappa shape index (κ2) is 8.76. The second-order valence-electron chi connectivity index (χ2n) is 9.50. The van der Waals surface area contributed by atoms with Crippen LogP contribution in [0.5, 0.6) is 5.88 Å². The van der Waals surface area contributed by atoms with Crippen molar-refractivity contribution in [1.82, 2.24) is 14.8 Å². The smallest absolute Gasteiger partial charge is 0.253 e. The van der Waals surface area contributed by atoms with Gasteiger partial charge < -0.3 is 14.5 Å². The summed E-state index contributed by atoms with van der Waals surface area (Å²) >= 11 is 0. The molecule has 4 rings (SSSR count). The molecule has 0 atom stereocenters. The van der Waals surface area contributed by atoms with Gasteiger partial charge in [0.2, 0.25) is 5.88 Å². The maximum absolute atomic E-state index is 12.0. The minimum absolute atomic E-state index is 0.0102. The highest BCUT2D eigenvalue weighted by Gasteiger charge is 2.39. The van der Waals surface area contributed by atoms with Crippen LogP contribution in [0.1, 0.15) is 43.0 Å². The minimum atomic E-state index is 0.0102. The Bertz CT molecular complexity index is 849. The number of aromatic nitrogens is 1. The van der Waals surface area contributed by atoms with Crippen molar-refractivity contribution in [3.63, 3.8) is 0 Å². The van der Waals surface area contributed by atoms with Crippen LogP contribution < -0.4 is 4.74 Å². The van der Waals surface area contributed by atoms with E-state index in [0.29, 0.717) is 22.8 Å². The quantitative estimate of drug-likeness (QED) is 0.685. The van der Waals surface area contributed by atoms with Crippen molar-refractivity contribution in [1.29, 1.82) is 0 Å². The van der Waals surface area contributed by atoms with Crippen LogP contribution in [0.2, 0.25) is 0 Å². The van der Waals surface area contributed by atoms with Crippen LogP contribution in [0, 0.1) is 11.3 Å². The first-order valence-electron chi connectivity index (χ1n) is 11.1. The van der Waals surface area contributed by atoms with Gasteiger partial charge in [0.25, 0.3) is 5.91 Å². The fraction of sp³-hybridized carbons (Fsp3) is 0.520. The molecule has 1 amide bonds. The molecule has 1 aromatic carbocycles. The van der Waals surface area contributed by atoms with Crippen molar-refractivity contribution in [2.24, 2.45) is 11.3 Å². The van der Waals surface area contributed by atoms with Crippen LogP contribution in [0.25, 0.3) is 11.1 Å². The van der Waals surface area contributed by atoms with Gasteiger partial charge >= 0.3 is 0 Å². The molecule has 2 aliphatic rings. The Morgan fingerprint density at radius 3 is 2.33 bits per heavy atom. The number of carbonyl (C=O) groups is 1. The maximum atomic E-state index is 12.0. The van der Waals surface area contributed by atoms with Gasteiger partial charge in [-0.15, -0.1) is 0 Å². The van der Waals surface area contributed by atoms with Crippen molar-refractivity contribution in [3.05, 3.63) is 48.2 Å². The first-order valence-corrected chi connectivity index (χ1v) is 11.1. The molecular formula is C25H33N3O2. The van der Waals surface area contributed by atoms with Crippen molar-refractivity contribution in [2.75, 3.05) is 40.3 Å². The zero-order chi connectivity index (χ0) is 21.1. The predicted molar refractivity (Wildman–Crippen MR) is 120 cm³/mol. The van der Waals surface area contributed by atoms with Crippen molar-refractivity contribution in [3.8, 4) is 17.0 Å². The lowest BCUT2D eigenvalue weighted by molar-refractivity contribution is 0.0827. The molecule has 0 unspecified atom stereocenters. The molecule has 160 valence electrons. The summed E-state index contributed by atoms with van der Waals surface area (Å²) in [5, 5.41) is 0. The van der Waals surface area contributed by atoms with E-state index in [1.54, 1.807) is 19.0 Å². The summed E-state index contributed by atoms with van der Waals surface area (Å²) in [5.41, 5.74) is 3.36. The molecule has 2 fully saturated rings. The number of carbonyl (C=O) groups excluding carboxylic acids is 1. The van der Waals surface area contributed by atoms with Crippen LogP contribution in [0.3, 0.4) is 0 Å². The fourth-order valence-corrected chi connectivity index (χ4v) is 4.13. The Hall–Kier alpha value is -2.40. The summed E-state index contributed by atoms with van der Waals surface area (Å²) in [7, 11) is 3.52. The van der Waals surface area contributed by atoms with Crippen molar-refractivity contribution >= 4 is 5.91 Å². The van der Waals surface area contributed by atoms with Crippen molar-refractivity contribution < 1.29 is 9.53 Å². The van der Waals surface area contributed by atoms with Crippen LogP contribution in [-0.2, 0) is 0 Å². The number of ether oxygens (including phenoxy) is 1. The van der Waals surface area contributed by atoms with Crippen LogP contribution in [-0.4, -0.2) is 61.0 Å². The molecular weight excluding hydrogens is 374 g/mol. The minimum Gasteiger partial charge on any atom is -0.477 e. The van der Waals surface area contributed by atoms with E-state index in [1.165, 1.54) is 45.3 Å². The standard InChI is InChI=1S/C25H33N3O2/c1-25(12-13-25)18-28-14-10-19(11-15-28)17-30-23-9-8-22(16-26-23)20-4-6-21(7-5-20)24(29)27(2)3/h4-9,16,19H,10-15,17-18H2,1-3H3. The number of nitrogens with zero attached hydrogens (tertiary/aromatic N) is 3. The van der Waals surface area contributed by atoms with Gasteiger partial charge in [-0.05, 0) is 73.9 Å². The SMILES string of the molecule is CN(C)C(=O)c1ccc(-c2ccc(OCC3CCN(CC4(C)CC4)CC3)nc2)cc1. The lowest BCUT2D eigenvalue weighted by atomic mass is 9.96. The highest BCUT2D eigenvalue weighted by atomic mass is 16.5. The molecule has 0 bridgehead atoms. The molecule has 0 N–H and O–H groups in total. The highest BCUT2D eigenvalue weighted by molar-refractivity contribution is 5.94. The molecule has 5 nitrogen and oxygen atoms in total. The molecule has 2 aromatic rings. The maximum Gasteiger partial charge on any atom is 0.253 e. The van der Waals surface area contributed by atoms with E-state index in [-0.39, 0.29) is 5.91 Å². The van der Waals surface area contributed by atoms with Crippen LogP contribution >= 0.6 is 0 Å². The molecule has 30 heavy (non-hydrogen) atoms. The average Bonchev–Trinajstić information content (AvgIpc) is 3.49. The lowest BCUT2D eigenvalue weighted by Crippen LogP contribution is -2.38. The van der Waals surface area contributed by atoms with Gasteiger partial charge in [-0.2, -0.15) is 0 Å². The summed E-state index contributed by atoms with van der Waals surface area (Å²) in [5.74, 6) is 1.32. The third kappa shape index (κ3) is 5.20. The van der Waals surface area contributed by atoms with Gasteiger partial charge in [-0.3, -0.25) is 4.79 Å². The van der Waals surface area contributed by atoms with E-state index in [4.69, 9.17) is 4.74 Å². The van der Waals surface area contributed by atoms with Gasteiger partial charge in [-0.1, -0.05) is 19.1 Å². The monoisotopic (exact) mass is 407 g/mol. The first-order chi connectivity index (χ1) is 14.4. The second-order valence-corrected chi connectivity index (χ2v) is 9.50. The number of piperidine rings is 1. The summed E-state index contributed by atoms with van der Waals surface area (Å²) in [6.07, 6.45) is 7.07. The molecule has 5 heteroatoms. The van der Waals surface area contributed by atoms with Crippen LogP contribution in [0.15, 0.2) is 42.6 Å². The Morgan fingerprint density at radius 2 is 1.77 bits per heavy atom. The summed E-state index contributed by atoms with van der Waals surface area (Å²) < 4.78 is 5.98.